The van der Waals surface area contributed by atoms with Crippen molar-refractivity contribution in [3.8, 4) is 12.3 Å². The molecule has 2 amide bonds. The van der Waals surface area contributed by atoms with Gasteiger partial charge in [-0.15, -0.1) is 19.6 Å². The van der Waals surface area contributed by atoms with E-state index in [1.165, 1.54) is 9.80 Å². The lowest BCUT2D eigenvalue weighted by Crippen LogP contribution is -2.36. The molecule has 0 radical (unpaired) electrons. The third-order valence-corrected chi connectivity index (χ3v) is 3.93. The predicted molar refractivity (Wildman–Crippen MR) is 87.7 cm³/mol. The number of terminal acetylenes is 1. The van der Waals surface area contributed by atoms with Crippen molar-refractivity contribution in [3.05, 3.63) is 37.1 Å². The average molecular weight is 315 g/mol. The molecule has 1 saturated heterocycles. The summed E-state index contributed by atoms with van der Waals surface area (Å²) in [5, 5.41) is 14.5. The maximum absolute atomic E-state index is 12.6. The monoisotopic (exact) mass is 315 g/mol. The molecule has 2 atom stereocenters. The summed E-state index contributed by atoms with van der Waals surface area (Å²) in [6, 6.07) is 0.793. The van der Waals surface area contributed by atoms with Gasteiger partial charge < -0.3 is 14.5 Å². The Morgan fingerprint density at radius 3 is 2.78 bits per heavy atom. The Morgan fingerprint density at radius 2 is 2.22 bits per heavy atom. The van der Waals surface area contributed by atoms with E-state index in [9.17, 15) is 9.90 Å². The number of rotatable bonds is 6. The molecule has 0 aliphatic carbocycles. The van der Waals surface area contributed by atoms with Crippen LogP contribution in [-0.2, 0) is 5.41 Å². The Balaban J connectivity index is 2.36. The fourth-order valence-corrected chi connectivity index (χ4v) is 2.47. The summed E-state index contributed by atoms with van der Waals surface area (Å²) in [4.78, 5) is 15.3. The van der Waals surface area contributed by atoms with Crippen LogP contribution < -0.4 is 4.90 Å². The highest BCUT2D eigenvalue weighted by molar-refractivity contribution is 5.94. The van der Waals surface area contributed by atoms with Gasteiger partial charge in [-0.25, -0.2) is 9.69 Å². The first-order chi connectivity index (χ1) is 10.9. The molecule has 1 aliphatic rings. The van der Waals surface area contributed by atoms with E-state index in [0.29, 0.717) is 18.7 Å². The van der Waals surface area contributed by atoms with Crippen molar-refractivity contribution in [1.29, 1.82) is 0 Å². The van der Waals surface area contributed by atoms with Crippen molar-refractivity contribution in [3.63, 3.8) is 0 Å². The van der Waals surface area contributed by atoms with Gasteiger partial charge in [-0.2, -0.15) is 0 Å². The minimum Gasteiger partial charge on any atom is -0.371 e. The SMILES string of the molecule is C#CC(C)(C)c1cc(N2C(=O)N(CC=C)C(CC=C)C2O)on1. The molecule has 0 saturated carbocycles. The van der Waals surface area contributed by atoms with Crippen molar-refractivity contribution in [2.24, 2.45) is 0 Å². The average Bonchev–Trinajstić information content (AvgIpc) is 3.08. The van der Waals surface area contributed by atoms with Crippen LogP contribution in [0.25, 0.3) is 0 Å². The summed E-state index contributed by atoms with van der Waals surface area (Å²) in [5.74, 6) is 2.78. The van der Waals surface area contributed by atoms with Gasteiger partial charge in [0.15, 0.2) is 6.23 Å². The minimum absolute atomic E-state index is 0.168. The van der Waals surface area contributed by atoms with Crippen molar-refractivity contribution in [2.75, 3.05) is 11.4 Å². The lowest BCUT2D eigenvalue weighted by Gasteiger charge is -2.21. The molecule has 0 spiro atoms. The summed E-state index contributed by atoms with van der Waals surface area (Å²) in [7, 11) is 0. The summed E-state index contributed by atoms with van der Waals surface area (Å²) >= 11 is 0. The zero-order chi connectivity index (χ0) is 17.2. The lowest BCUT2D eigenvalue weighted by atomic mass is 9.91. The standard InChI is InChI=1S/C17H21N3O3/c1-6-9-12-15(21)20(16(22)19(12)10-7-2)14-11-13(18-23-14)17(4,5)8-3/h3,6-7,11-12,15,21H,1-2,9-10H2,4-5H3. The predicted octanol–water partition coefficient (Wildman–Crippen LogP) is 2.28. The van der Waals surface area contributed by atoms with Gasteiger partial charge in [0.1, 0.15) is 5.69 Å². The summed E-state index contributed by atoms with van der Waals surface area (Å²) in [5.41, 5.74) is -0.103. The van der Waals surface area contributed by atoms with Crippen molar-refractivity contribution in [1.82, 2.24) is 10.1 Å². The van der Waals surface area contributed by atoms with Crippen molar-refractivity contribution >= 4 is 11.9 Å². The zero-order valence-corrected chi connectivity index (χ0v) is 13.4. The van der Waals surface area contributed by atoms with Gasteiger partial charge in [-0.05, 0) is 20.3 Å². The summed E-state index contributed by atoms with van der Waals surface area (Å²) in [6.07, 6.45) is 8.15. The molecule has 1 aromatic heterocycles. The van der Waals surface area contributed by atoms with Gasteiger partial charge in [0.05, 0.1) is 11.5 Å². The van der Waals surface area contributed by atoms with Gasteiger partial charge in [0.25, 0.3) is 0 Å². The van der Waals surface area contributed by atoms with E-state index in [4.69, 9.17) is 10.9 Å². The number of urea groups is 1. The van der Waals surface area contributed by atoms with E-state index in [1.54, 1.807) is 18.2 Å². The first kappa shape index (κ1) is 16.8. The normalized spacial score (nSPS) is 21.4. The zero-order valence-electron chi connectivity index (χ0n) is 13.4. The first-order valence-electron chi connectivity index (χ1n) is 7.32. The maximum atomic E-state index is 12.6. The number of hydrogen-bond donors (Lipinski definition) is 1. The largest absolute Gasteiger partial charge is 0.371 e. The number of nitrogens with zero attached hydrogens (tertiary/aromatic N) is 3. The molecule has 2 heterocycles. The number of anilines is 1. The van der Waals surface area contributed by atoms with Gasteiger partial charge in [0.2, 0.25) is 5.88 Å². The molecular weight excluding hydrogens is 294 g/mol. The summed E-state index contributed by atoms with van der Waals surface area (Å²) in [6.45, 7) is 11.3. The van der Waals surface area contributed by atoms with Crippen molar-refractivity contribution in [2.45, 2.75) is 38.0 Å². The Bertz CT molecular complexity index is 656. The van der Waals surface area contributed by atoms with Gasteiger partial charge in [0, 0.05) is 12.6 Å². The first-order valence-corrected chi connectivity index (χ1v) is 7.32. The molecule has 6 heteroatoms. The van der Waals surface area contributed by atoms with Gasteiger partial charge >= 0.3 is 6.03 Å². The van der Waals surface area contributed by atoms with E-state index >= 15 is 0 Å². The maximum Gasteiger partial charge on any atom is 0.329 e. The third kappa shape index (κ3) is 2.88. The van der Waals surface area contributed by atoms with Crippen LogP contribution in [0.3, 0.4) is 0 Å². The molecule has 23 heavy (non-hydrogen) atoms. The highest BCUT2D eigenvalue weighted by atomic mass is 16.5. The smallest absolute Gasteiger partial charge is 0.329 e. The number of aliphatic hydroxyl groups excluding tert-OH is 1. The summed E-state index contributed by atoms with van der Waals surface area (Å²) < 4.78 is 5.25. The Morgan fingerprint density at radius 1 is 1.52 bits per heavy atom. The quantitative estimate of drug-likeness (QED) is 0.646. The molecule has 0 aromatic carbocycles. The lowest BCUT2D eigenvalue weighted by molar-refractivity contribution is 0.122. The van der Waals surface area contributed by atoms with Crippen LogP contribution in [-0.4, -0.2) is 40.0 Å². The van der Waals surface area contributed by atoms with E-state index in [1.807, 2.05) is 13.8 Å². The van der Waals surface area contributed by atoms with Crippen LogP contribution in [0.4, 0.5) is 10.7 Å². The second-order valence-corrected chi connectivity index (χ2v) is 5.92. The molecule has 122 valence electrons. The topological polar surface area (TPSA) is 69.8 Å². The molecular formula is C17H21N3O3. The number of carbonyl (C=O) groups excluding carboxylic acids is 1. The van der Waals surface area contributed by atoms with E-state index < -0.39 is 17.7 Å². The third-order valence-electron chi connectivity index (χ3n) is 3.93. The van der Waals surface area contributed by atoms with Crippen molar-refractivity contribution < 1.29 is 14.4 Å². The van der Waals surface area contributed by atoms with Crippen LogP contribution in [0.2, 0.25) is 0 Å². The molecule has 1 aliphatic heterocycles. The fourth-order valence-electron chi connectivity index (χ4n) is 2.47. The molecule has 1 fully saturated rings. The van der Waals surface area contributed by atoms with E-state index in [0.717, 1.165) is 0 Å². The number of amides is 2. The second-order valence-electron chi connectivity index (χ2n) is 5.92. The van der Waals surface area contributed by atoms with Crippen LogP contribution in [0.5, 0.6) is 0 Å². The van der Waals surface area contributed by atoms with E-state index in [-0.39, 0.29) is 11.9 Å². The number of carbonyl (C=O) groups is 1. The number of hydrogen-bond acceptors (Lipinski definition) is 4. The van der Waals surface area contributed by atoms with Crippen LogP contribution in [0.1, 0.15) is 26.0 Å². The highest BCUT2D eigenvalue weighted by Gasteiger charge is 2.46. The van der Waals surface area contributed by atoms with Crippen LogP contribution >= 0.6 is 0 Å². The fraction of sp³-hybridized carbons (Fsp3) is 0.412. The second kappa shape index (κ2) is 6.31. The molecule has 6 nitrogen and oxygen atoms in total. The molecule has 2 rings (SSSR count). The van der Waals surface area contributed by atoms with E-state index in [2.05, 4.69) is 24.2 Å². The molecule has 2 unspecified atom stereocenters. The molecule has 1 N–H and O–H groups in total. The molecule has 0 bridgehead atoms. The number of aromatic nitrogens is 1. The Kier molecular flexibility index (Phi) is 4.62. The van der Waals surface area contributed by atoms with Gasteiger partial charge in [-0.3, -0.25) is 0 Å². The van der Waals surface area contributed by atoms with Crippen LogP contribution in [0, 0.1) is 12.3 Å². The highest BCUT2D eigenvalue weighted by Crippen LogP contribution is 2.32. The Labute approximate surface area is 136 Å². The number of aliphatic hydroxyl groups is 1. The van der Waals surface area contributed by atoms with Gasteiger partial charge in [-0.1, -0.05) is 23.2 Å². The molecule has 1 aromatic rings. The van der Waals surface area contributed by atoms with Crippen LogP contribution in [0.15, 0.2) is 35.9 Å². The Hall–Kier alpha value is -2.52. The minimum atomic E-state index is -1.06.